The van der Waals surface area contributed by atoms with E-state index in [9.17, 15) is 19.6 Å². The molecule has 10 nitrogen and oxygen atoms in total. The summed E-state index contributed by atoms with van der Waals surface area (Å²) >= 11 is 6.27. The van der Waals surface area contributed by atoms with Crippen LogP contribution in [0.3, 0.4) is 0 Å². The molecule has 1 aromatic carbocycles. The predicted molar refractivity (Wildman–Crippen MR) is 145 cm³/mol. The van der Waals surface area contributed by atoms with E-state index in [0.717, 1.165) is 5.56 Å². The second-order valence-corrected chi connectivity index (χ2v) is 10.3. The summed E-state index contributed by atoms with van der Waals surface area (Å²) in [6.07, 6.45) is 2.43. The van der Waals surface area contributed by atoms with E-state index in [1.54, 1.807) is 29.7 Å². The highest BCUT2D eigenvalue weighted by Crippen LogP contribution is 2.29. The molecule has 12 heteroatoms. The van der Waals surface area contributed by atoms with Crippen LogP contribution in [0, 0.1) is 12.8 Å². The number of carbonyl (C=O) groups excluding carboxylic acids is 2. The van der Waals surface area contributed by atoms with Crippen molar-refractivity contribution in [1.82, 2.24) is 20.0 Å². The minimum absolute atomic E-state index is 0.0508. The molecular formula is C26H31BClN5O5. The van der Waals surface area contributed by atoms with Gasteiger partial charge in [-0.2, -0.15) is 0 Å². The number of hydrogen-bond acceptors (Lipinski definition) is 7. The fraction of sp³-hybridized carbons (Fsp3) is 0.385. The van der Waals surface area contributed by atoms with E-state index in [1.807, 2.05) is 44.2 Å². The van der Waals surface area contributed by atoms with Gasteiger partial charge in [-0.1, -0.05) is 60.9 Å². The van der Waals surface area contributed by atoms with E-state index >= 15 is 0 Å². The highest BCUT2D eigenvalue weighted by molar-refractivity contribution is 6.43. The van der Waals surface area contributed by atoms with Crippen LogP contribution < -0.4 is 10.6 Å². The lowest BCUT2D eigenvalue weighted by Gasteiger charge is -2.29. The Hall–Kier alpha value is -3.41. The minimum atomic E-state index is -1.72. The summed E-state index contributed by atoms with van der Waals surface area (Å²) in [5.74, 6) is -1.62. The molecule has 2 amide bonds. The van der Waals surface area contributed by atoms with Crippen molar-refractivity contribution in [3.8, 4) is 0 Å². The van der Waals surface area contributed by atoms with Crippen LogP contribution in [0.1, 0.15) is 48.3 Å². The van der Waals surface area contributed by atoms with E-state index in [1.165, 1.54) is 0 Å². The van der Waals surface area contributed by atoms with Crippen LogP contribution in [0.25, 0.3) is 5.65 Å². The molecule has 0 spiro atoms. The Labute approximate surface area is 226 Å². The molecule has 1 unspecified atom stereocenters. The van der Waals surface area contributed by atoms with Crippen molar-refractivity contribution in [2.45, 2.75) is 51.6 Å². The average Bonchev–Trinajstić information content (AvgIpc) is 3.43. The number of pyridine rings is 1. The highest BCUT2D eigenvalue weighted by Gasteiger charge is 2.48. The molecule has 0 aliphatic carbocycles. The maximum absolute atomic E-state index is 13.5. The van der Waals surface area contributed by atoms with E-state index in [0.29, 0.717) is 34.2 Å². The lowest BCUT2D eigenvalue weighted by atomic mass is 9.74. The number of rotatable bonds is 10. The van der Waals surface area contributed by atoms with Crippen molar-refractivity contribution in [1.29, 1.82) is 0 Å². The van der Waals surface area contributed by atoms with E-state index in [4.69, 9.17) is 16.4 Å². The number of benzene rings is 1. The molecular weight excluding hydrogens is 509 g/mol. The van der Waals surface area contributed by atoms with Crippen LogP contribution in [0.15, 0.2) is 53.8 Å². The number of nitrogens with one attached hydrogen (secondary N) is 2. The first-order valence-corrected chi connectivity index (χ1v) is 12.8. The molecule has 4 N–H and O–H groups in total. The summed E-state index contributed by atoms with van der Waals surface area (Å²) in [5.41, 5.74) is 1.32. The third-order valence-corrected chi connectivity index (χ3v) is 6.89. The second-order valence-electron chi connectivity index (χ2n) is 9.99. The quantitative estimate of drug-likeness (QED) is 0.292. The maximum atomic E-state index is 13.5. The topological polar surface area (TPSA) is 138 Å². The molecule has 2 aromatic heterocycles. The number of amides is 2. The van der Waals surface area contributed by atoms with Gasteiger partial charge in [0.15, 0.2) is 5.65 Å². The van der Waals surface area contributed by atoms with Crippen LogP contribution in [0.2, 0.25) is 5.15 Å². The van der Waals surface area contributed by atoms with Crippen LogP contribution in [0.4, 0.5) is 0 Å². The van der Waals surface area contributed by atoms with Crippen molar-refractivity contribution < 1.29 is 24.5 Å². The molecule has 38 heavy (non-hydrogen) atoms. The SMILES string of the molecule is Cc1nc2c(C(=O)NCC3=NOC(Cc4ccccc4)(C(=O)N[C@@H](CC(C)C)B(O)O)C3)cccn2c1Cl. The normalized spacial score (nSPS) is 17.7. The monoisotopic (exact) mass is 539 g/mol. The van der Waals surface area contributed by atoms with Gasteiger partial charge >= 0.3 is 7.12 Å². The number of fused-ring (bicyclic) bond motifs is 1. The second kappa shape index (κ2) is 11.5. The molecule has 3 aromatic rings. The fourth-order valence-corrected chi connectivity index (χ4v) is 4.71. The molecule has 1 aliphatic heterocycles. The summed E-state index contributed by atoms with van der Waals surface area (Å²) in [4.78, 5) is 36.7. The summed E-state index contributed by atoms with van der Waals surface area (Å²) in [5, 5.41) is 29.8. The van der Waals surface area contributed by atoms with Crippen molar-refractivity contribution in [3.63, 3.8) is 0 Å². The third-order valence-electron chi connectivity index (χ3n) is 6.44. The van der Waals surface area contributed by atoms with Crippen molar-refractivity contribution in [2.24, 2.45) is 11.1 Å². The Morgan fingerprint density at radius 1 is 1.21 bits per heavy atom. The van der Waals surface area contributed by atoms with Gasteiger partial charge in [0.2, 0.25) is 5.60 Å². The summed E-state index contributed by atoms with van der Waals surface area (Å²) in [7, 11) is -1.72. The van der Waals surface area contributed by atoms with Crippen LogP contribution in [-0.4, -0.2) is 62.2 Å². The molecule has 0 bridgehead atoms. The number of oxime groups is 1. The first-order chi connectivity index (χ1) is 18.1. The lowest BCUT2D eigenvalue weighted by Crippen LogP contribution is -2.56. The summed E-state index contributed by atoms with van der Waals surface area (Å²) in [6.45, 7) is 5.67. The van der Waals surface area contributed by atoms with E-state index in [-0.39, 0.29) is 31.2 Å². The number of hydrogen-bond donors (Lipinski definition) is 4. The number of aryl methyl sites for hydroxylation is 1. The number of imidazole rings is 1. The third kappa shape index (κ3) is 6.01. The number of nitrogens with zero attached hydrogens (tertiary/aromatic N) is 3. The minimum Gasteiger partial charge on any atom is -0.426 e. The van der Waals surface area contributed by atoms with Crippen LogP contribution in [0.5, 0.6) is 0 Å². The molecule has 0 saturated heterocycles. The molecule has 1 aliphatic rings. The van der Waals surface area contributed by atoms with Gasteiger partial charge in [0.05, 0.1) is 29.5 Å². The first kappa shape index (κ1) is 27.6. The molecule has 2 atom stereocenters. The lowest BCUT2D eigenvalue weighted by molar-refractivity contribution is -0.144. The zero-order chi connectivity index (χ0) is 27.4. The Kier molecular flexibility index (Phi) is 8.40. The first-order valence-electron chi connectivity index (χ1n) is 12.5. The summed E-state index contributed by atoms with van der Waals surface area (Å²) in [6, 6.07) is 12.7. The zero-order valence-corrected chi connectivity index (χ0v) is 22.3. The van der Waals surface area contributed by atoms with E-state index < -0.39 is 24.6 Å². The van der Waals surface area contributed by atoms with Gasteiger partial charge in [-0.25, -0.2) is 4.98 Å². The summed E-state index contributed by atoms with van der Waals surface area (Å²) < 4.78 is 1.64. The van der Waals surface area contributed by atoms with Crippen molar-refractivity contribution in [3.05, 3.63) is 70.6 Å². The zero-order valence-electron chi connectivity index (χ0n) is 21.5. The molecule has 4 rings (SSSR count). The number of halogens is 1. The van der Waals surface area contributed by atoms with Gasteiger partial charge < -0.3 is 25.5 Å². The van der Waals surface area contributed by atoms with Gasteiger partial charge in [-0.3, -0.25) is 14.0 Å². The largest absolute Gasteiger partial charge is 0.475 e. The Morgan fingerprint density at radius 3 is 2.63 bits per heavy atom. The van der Waals surface area contributed by atoms with Crippen molar-refractivity contribution >= 4 is 41.9 Å². The van der Waals surface area contributed by atoms with Gasteiger partial charge in [0.1, 0.15) is 5.15 Å². The van der Waals surface area contributed by atoms with E-state index in [2.05, 4.69) is 20.8 Å². The fourth-order valence-electron chi connectivity index (χ4n) is 4.53. The number of aromatic nitrogens is 2. The molecule has 0 fully saturated rings. The van der Waals surface area contributed by atoms with Gasteiger partial charge in [0.25, 0.3) is 11.8 Å². The smallest absolute Gasteiger partial charge is 0.426 e. The Balaban J connectivity index is 1.49. The predicted octanol–water partition coefficient (Wildman–Crippen LogP) is 2.33. The van der Waals surface area contributed by atoms with Gasteiger partial charge in [-0.15, -0.1) is 0 Å². The molecule has 0 saturated carbocycles. The Bertz CT molecular complexity index is 1350. The average molecular weight is 540 g/mol. The maximum Gasteiger partial charge on any atom is 0.475 e. The van der Waals surface area contributed by atoms with Crippen LogP contribution in [-0.2, 0) is 16.1 Å². The standard InChI is InChI=1S/C26H31BClN5O5/c1-16(2)12-21(27(36)37)31-25(35)26(13-18-8-5-4-6-9-18)14-19(32-38-26)15-29-24(34)20-10-7-11-33-22(28)17(3)30-23(20)33/h4-11,16,21,36-37H,12-15H2,1-3H3,(H,29,34)(H,31,35)/t21-,26?/m0/s1. The van der Waals surface area contributed by atoms with Crippen LogP contribution >= 0.6 is 11.6 Å². The molecule has 200 valence electrons. The van der Waals surface area contributed by atoms with Gasteiger partial charge in [0, 0.05) is 19.0 Å². The van der Waals surface area contributed by atoms with Gasteiger partial charge in [-0.05, 0) is 37.0 Å². The van der Waals surface area contributed by atoms with Crippen molar-refractivity contribution in [2.75, 3.05) is 6.54 Å². The molecule has 3 heterocycles. The Morgan fingerprint density at radius 2 is 1.95 bits per heavy atom. The molecule has 0 radical (unpaired) electrons. The number of carbonyl (C=O) groups is 2. The highest BCUT2D eigenvalue weighted by atomic mass is 35.5.